The highest BCUT2D eigenvalue weighted by Gasteiger charge is 2.12. The molecule has 118 valence electrons. The predicted molar refractivity (Wildman–Crippen MR) is 90.2 cm³/mol. The minimum absolute atomic E-state index is 0.0189. The van der Waals surface area contributed by atoms with Crippen LogP contribution in [0, 0.1) is 11.8 Å². The lowest BCUT2D eigenvalue weighted by Gasteiger charge is -2.25. The molecule has 0 saturated heterocycles. The first kappa shape index (κ1) is 17.5. The zero-order valence-corrected chi connectivity index (χ0v) is 13.7. The second-order valence-corrected chi connectivity index (χ2v) is 6.43. The Morgan fingerprint density at radius 3 is 2.24 bits per heavy atom. The summed E-state index contributed by atoms with van der Waals surface area (Å²) in [5.74, 6) is 1.23. The Hall–Kier alpha value is -1.55. The van der Waals surface area contributed by atoms with Gasteiger partial charge in [0, 0.05) is 26.1 Å². The van der Waals surface area contributed by atoms with Gasteiger partial charge in [0.1, 0.15) is 0 Å². The summed E-state index contributed by atoms with van der Waals surface area (Å²) in [5, 5.41) is 2.88. The van der Waals surface area contributed by atoms with Crippen LogP contribution in [-0.2, 0) is 4.79 Å². The van der Waals surface area contributed by atoms with E-state index in [1.54, 1.807) is 6.07 Å². The summed E-state index contributed by atoms with van der Waals surface area (Å²) < 4.78 is 0. The molecule has 0 heterocycles. The van der Waals surface area contributed by atoms with Crippen LogP contribution in [0.1, 0.15) is 34.1 Å². The van der Waals surface area contributed by atoms with Gasteiger partial charge < -0.3 is 16.0 Å². The van der Waals surface area contributed by atoms with Crippen molar-refractivity contribution in [2.24, 2.45) is 11.8 Å². The van der Waals surface area contributed by atoms with Gasteiger partial charge in [-0.25, -0.2) is 0 Å². The minimum Gasteiger partial charge on any atom is -0.397 e. The molecule has 4 heteroatoms. The Bertz CT molecular complexity index is 433. The van der Waals surface area contributed by atoms with Crippen LogP contribution in [0.25, 0.3) is 0 Å². The third kappa shape index (κ3) is 7.14. The maximum atomic E-state index is 12.0. The smallest absolute Gasteiger partial charge is 0.225 e. The molecule has 0 aliphatic carbocycles. The van der Waals surface area contributed by atoms with Crippen molar-refractivity contribution in [2.75, 3.05) is 30.7 Å². The summed E-state index contributed by atoms with van der Waals surface area (Å²) in [7, 11) is 0. The quantitative estimate of drug-likeness (QED) is 0.723. The second kappa shape index (κ2) is 8.67. The predicted octanol–water partition coefficient (Wildman–Crippen LogP) is 3.21. The minimum atomic E-state index is 0.0189. The summed E-state index contributed by atoms with van der Waals surface area (Å²) in [5.41, 5.74) is 7.13. The van der Waals surface area contributed by atoms with Crippen LogP contribution in [0.5, 0.6) is 0 Å². The molecule has 0 radical (unpaired) electrons. The van der Waals surface area contributed by atoms with Crippen LogP contribution in [0.3, 0.4) is 0 Å². The van der Waals surface area contributed by atoms with E-state index in [-0.39, 0.29) is 5.91 Å². The third-order valence-corrected chi connectivity index (χ3v) is 3.14. The van der Waals surface area contributed by atoms with E-state index in [4.69, 9.17) is 5.73 Å². The fourth-order valence-corrected chi connectivity index (χ4v) is 2.37. The van der Waals surface area contributed by atoms with Gasteiger partial charge in [-0.2, -0.15) is 0 Å². The van der Waals surface area contributed by atoms with Crippen molar-refractivity contribution in [3.63, 3.8) is 0 Å². The number of nitrogens with one attached hydrogen (secondary N) is 1. The zero-order chi connectivity index (χ0) is 15.8. The molecule has 1 amide bonds. The number of benzene rings is 1. The van der Waals surface area contributed by atoms with Crippen LogP contribution in [0.15, 0.2) is 24.3 Å². The molecule has 0 aliphatic heterocycles. The standard InChI is InChI=1S/C17H29N3O/c1-13(2)11-20(12-14(3)4)10-9-17(21)19-16-8-6-5-7-15(16)18/h5-8,13-14H,9-12,18H2,1-4H3,(H,19,21). The average Bonchev–Trinajstić information content (AvgIpc) is 2.37. The van der Waals surface area contributed by atoms with Crippen LogP contribution >= 0.6 is 0 Å². The normalized spacial score (nSPS) is 11.4. The van der Waals surface area contributed by atoms with Gasteiger partial charge in [-0.15, -0.1) is 0 Å². The number of hydrogen-bond acceptors (Lipinski definition) is 3. The van der Waals surface area contributed by atoms with E-state index < -0.39 is 0 Å². The second-order valence-electron chi connectivity index (χ2n) is 6.43. The molecule has 0 unspecified atom stereocenters. The molecule has 21 heavy (non-hydrogen) atoms. The molecular formula is C17H29N3O. The topological polar surface area (TPSA) is 58.4 Å². The molecular weight excluding hydrogens is 262 g/mol. The number of hydrogen-bond donors (Lipinski definition) is 2. The summed E-state index contributed by atoms with van der Waals surface area (Å²) in [6, 6.07) is 7.35. The fraction of sp³-hybridized carbons (Fsp3) is 0.588. The number of anilines is 2. The molecule has 0 aromatic heterocycles. The Balaban J connectivity index is 2.47. The van der Waals surface area contributed by atoms with E-state index >= 15 is 0 Å². The van der Waals surface area contributed by atoms with E-state index in [1.165, 1.54) is 0 Å². The molecule has 4 nitrogen and oxygen atoms in total. The summed E-state index contributed by atoms with van der Waals surface area (Å²) >= 11 is 0. The number of carbonyl (C=O) groups excluding carboxylic acids is 1. The Kier molecular flexibility index (Phi) is 7.23. The Morgan fingerprint density at radius 2 is 1.71 bits per heavy atom. The van der Waals surface area contributed by atoms with Gasteiger partial charge in [0.05, 0.1) is 11.4 Å². The van der Waals surface area contributed by atoms with Crippen molar-refractivity contribution >= 4 is 17.3 Å². The van der Waals surface area contributed by atoms with Gasteiger partial charge in [0.2, 0.25) is 5.91 Å². The van der Waals surface area contributed by atoms with Gasteiger partial charge in [-0.1, -0.05) is 39.8 Å². The number of rotatable bonds is 8. The van der Waals surface area contributed by atoms with Crippen molar-refractivity contribution in [1.29, 1.82) is 0 Å². The molecule has 1 rings (SSSR count). The first-order valence-electron chi connectivity index (χ1n) is 7.75. The van der Waals surface area contributed by atoms with Gasteiger partial charge in [0.15, 0.2) is 0 Å². The van der Waals surface area contributed by atoms with E-state index in [2.05, 4.69) is 37.9 Å². The molecule has 0 atom stereocenters. The molecule has 0 aliphatic rings. The third-order valence-electron chi connectivity index (χ3n) is 3.14. The average molecular weight is 291 g/mol. The molecule has 3 N–H and O–H groups in total. The number of nitrogen functional groups attached to an aromatic ring is 1. The summed E-state index contributed by atoms with van der Waals surface area (Å²) in [6.45, 7) is 11.7. The largest absolute Gasteiger partial charge is 0.397 e. The SMILES string of the molecule is CC(C)CN(CCC(=O)Nc1ccccc1N)CC(C)C. The molecule has 0 saturated carbocycles. The lowest BCUT2D eigenvalue weighted by Crippen LogP contribution is -2.34. The first-order valence-corrected chi connectivity index (χ1v) is 7.75. The molecule has 0 spiro atoms. The van der Waals surface area contributed by atoms with Gasteiger partial charge >= 0.3 is 0 Å². The van der Waals surface area contributed by atoms with Crippen molar-refractivity contribution in [2.45, 2.75) is 34.1 Å². The maximum absolute atomic E-state index is 12.0. The number of nitrogens with zero attached hydrogens (tertiary/aromatic N) is 1. The van der Waals surface area contributed by atoms with Gasteiger partial charge in [-0.05, 0) is 24.0 Å². The molecule has 0 bridgehead atoms. The van der Waals surface area contributed by atoms with Crippen molar-refractivity contribution in [3.05, 3.63) is 24.3 Å². The Labute approximate surface area is 128 Å². The van der Waals surface area contributed by atoms with Crippen LogP contribution < -0.4 is 11.1 Å². The number of amides is 1. The molecule has 1 aromatic rings. The maximum Gasteiger partial charge on any atom is 0.225 e. The summed E-state index contributed by atoms with van der Waals surface area (Å²) in [6.07, 6.45) is 0.494. The molecule has 1 aromatic carbocycles. The van der Waals surface area contributed by atoms with E-state index in [1.807, 2.05) is 18.2 Å². The molecule has 0 fully saturated rings. The van der Waals surface area contributed by atoms with Crippen molar-refractivity contribution in [1.82, 2.24) is 4.90 Å². The highest BCUT2D eigenvalue weighted by molar-refractivity contribution is 5.93. The number of carbonyl (C=O) groups is 1. The highest BCUT2D eigenvalue weighted by Crippen LogP contribution is 2.16. The van der Waals surface area contributed by atoms with Gasteiger partial charge in [0.25, 0.3) is 0 Å². The lowest BCUT2D eigenvalue weighted by molar-refractivity contribution is -0.116. The highest BCUT2D eigenvalue weighted by atomic mass is 16.1. The van der Waals surface area contributed by atoms with Crippen LogP contribution in [0.4, 0.5) is 11.4 Å². The van der Waals surface area contributed by atoms with Crippen LogP contribution in [-0.4, -0.2) is 30.4 Å². The Morgan fingerprint density at radius 1 is 1.14 bits per heavy atom. The number of nitrogens with two attached hydrogens (primary N) is 1. The van der Waals surface area contributed by atoms with Gasteiger partial charge in [-0.3, -0.25) is 4.79 Å². The van der Waals surface area contributed by atoms with E-state index in [9.17, 15) is 4.79 Å². The van der Waals surface area contributed by atoms with Crippen LogP contribution in [0.2, 0.25) is 0 Å². The van der Waals surface area contributed by atoms with E-state index in [0.717, 1.165) is 19.6 Å². The number of para-hydroxylation sites is 2. The first-order chi connectivity index (χ1) is 9.88. The fourth-order valence-electron chi connectivity index (χ4n) is 2.37. The van der Waals surface area contributed by atoms with E-state index in [0.29, 0.717) is 29.6 Å². The monoisotopic (exact) mass is 291 g/mol. The van der Waals surface area contributed by atoms with Crippen molar-refractivity contribution < 1.29 is 4.79 Å². The van der Waals surface area contributed by atoms with Crippen molar-refractivity contribution in [3.8, 4) is 0 Å². The summed E-state index contributed by atoms with van der Waals surface area (Å²) in [4.78, 5) is 14.4. The lowest BCUT2D eigenvalue weighted by atomic mass is 10.1. The zero-order valence-electron chi connectivity index (χ0n) is 13.7.